The van der Waals surface area contributed by atoms with Crippen LogP contribution in [0, 0.1) is 10.1 Å². The minimum absolute atomic E-state index is 0.0987. The van der Waals surface area contributed by atoms with Gasteiger partial charge in [0.05, 0.1) is 4.92 Å². The van der Waals surface area contributed by atoms with Gasteiger partial charge in [0.2, 0.25) is 0 Å². The maximum Gasteiger partial charge on any atom is 0.331 e. The number of rotatable bonds is 6. The molecular formula is C18H14Cl2N2O5. The number of nitro groups is 1. The number of esters is 1. The average molecular weight is 409 g/mol. The normalized spacial score (nSPS) is 11.8. The van der Waals surface area contributed by atoms with Gasteiger partial charge in [-0.2, -0.15) is 0 Å². The van der Waals surface area contributed by atoms with E-state index < -0.39 is 22.9 Å². The third kappa shape index (κ3) is 6.40. The Hall–Kier alpha value is -2.90. The number of nitrogens with one attached hydrogen (secondary N) is 1. The number of nitrogens with zero attached hydrogens (tertiary/aromatic N) is 1. The number of carbonyl (C=O) groups is 2. The van der Waals surface area contributed by atoms with Crippen molar-refractivity contribution in [3.63, 3.8) is 0 Å². The molecular weight excluding hydrogens is 395 g/mol. The third-order valence-electron chi connectivity index (χ3n) is 3.29. The van der Waals surface area contributed by atoms with Crippen LogP contribution < -0.4 is 5.32 Å². The lowest BCUT2D eigenvalue weighted by atomic mass is 10.2. The molecule has 0 unspecified atom stereocenters. The summed E-state index contributed by atoms with van der Waals surface area (Å²) in [6.07, 6.45) is 1.36. The van der Waals surface area contributed by atoms with Crippen LogP contribution in [-0.4, -0.2) is 22.9 Å². The average Bonchev–Trinajstić information content (AvgIpc) is 2.59. The molecule has 1 N–H and O–H groups in total. The first-order valence-corrected chi connectivity index (χ1v) is 8.40. The van der Waals surface area contributed by atoms with E-state index in [0.717, 1.165) is 6.08 Å². The van der Waals surface area contributed by atoms with Gasteiger partial charge in [-0.3, -0.25) is 14.9 Å². The van der Waals surface area contributed by atoms with Crippen molar-refractivity contribution in [3.05, 3.63) is 74.3 Å². The van der Waals surface area contributed by atoms with Gasteiger partial charge in [0.15, 0.2) is 6.10 Å². The first-order chi connectivity index (χ1) is 12.7. The van der Waals surface area contributed by atoms with Crippen LogP contribution in [0.15, 0.2) is 48.5 Å². The second-order valence-corrected chi connectivity index (χ2v) is 6.28. The van der Waals surface area contributed by atoms with E-state index in [2.05, 4.69) is 5.32 Å². The summed E-state index contributed by atoms with van der Waals surface area (Å²) in [4.78, 5) is 34.1. The van der Waals surface area contributed by atoms with Crippen molar-refractivity contribution < 1.29 is 19.2 Å². The van der Waals surface area contributed by atoms with E-state index in [0.29, 0.717) is 21.3 Å². The molecule has 0 heterocycles. The number of amides is 1. The van der Waals surface area contributed by atoms with E-state index in [1.54, 1.807) is 6.07 Å². The van der Waals surface area contributed by atoms with Crippen molar-refractivity contribution in [1.82, 2.24) is 0 Å². The Balaban J connectivity index is 1.95. The van der Waals surface area contributed by atoms with Crippen LogP contribution in [0.2, 0.25) is 10.0 Å². The topological polar surface area (TPSA) is 98.5 Å². The number of hydrogen-bond donors (Lipinski definition) is 1. The predicted molar refractivity (Wildman–Crippen MR) is 103 cm³/mol. The number of anilines is 1. The monoisotopic (exact) mass is 408 g/mol. The van der Waals surface area contributed by atoms with Crippen LogP contribution in [0.5, 0.6) is 0 Å². The molecule has 2 aromatic carbocycles. The van der Waals surface area contributed by atoms with Gasteiger partial charge < -0.3 is 10.1 Å². The molecule has 140 valence electrons. The summed E-state index contributed by atoms with van der Waals surface area (Å²) in [7, 11) is 0. The van der Waals surface area contributed by atoms with Crippen LogP contribution in [-0.2, 0) is 14.3 Å². The van der Waals surface area contributed by atoms with Gasteiger partial charge in [-0.15, -0.1) is 0 Å². The first kappa shape index (κ1) is 20.4. The number of nitro benzene ring substituents is 1. The molecule has 0 radical (unpaired) electrons. The van der Waals surface area contributed by atoms with Crippen molar-refractivity contribution in [2.75, 3.05) is 5.32 Å². The smallest absolute Gasteiger partial charge is 0.331 e. The molecule has 2 aromatic rings. The Morgan fingerprint density at radius 3 is 2.48 bits per heavy atom. The highest BCUT2D eigenvalue weighted by atomic mass is 35.5. The van der Waals surface area contributed by atoms with Crippen LogP contribution in [0.3, 0.4) is 0 Å². The fourth-order valence-electron chi connectivity index (χ4n) is 2.04. The summed E-state index contributed by atoms with van der Waals surface area (Å²) in [5.41, 5.74) is 0.720. The number of halogens is 2. The van der Waals surface area contributed by atoms with Gasteiger partial charge in [0, 0.05) is 33.9 Å². The van der Waals surface area contributed by atoms with Gasteiger partial charge in [-0.05, 0) is 36.8 Å². The minimum atomic E-state index is -1.08. The van der Waals surface area contributed by atoms with E-state index in [4.69, 9.17) is 27.9 Å². The zero-order valence-corrected chi connectivity index (χ0v) is 15.5. The Kier molecular flexibility index (Phi) is 6.92. The molecule has 0 bridgehead atoms. The summed E-state index contributed by atoms with van der Waals surface area (Å²) in [5, 5.41) is 14.0. The highest BCUT2D eigenvalue weighted by molar-refractivity contribution is 6.35. The number of benzene rings is 2. The first-order valence-electron chi connectivity index (χ1n) is 7.64. The number of non-ortho nitro benzene ring substituents is 1. The van der Waals surface area contributed by atoms with E-state index in [1.165, 1.54) is 49.4 Å². The van der Waals surface area contributed by atoms with Crippen LogP contribution in [0.4, 0.5) is 11.4 Å². The molecule has 1 atom stereocenters. The highest BCUT2D eigenvalue weighted by Crippen LogP contribution is 2.22. The summed E-state index contributed by atoms with van der Waals surface area (Å²) < 4.78 is 5.01. The molecule has 2 rings (SSSR count). The van der Waals surface area contributed by atoms with Crippen molar-refractivity contribution in [2.24, 2.45) is 0 Å². The highest BCUT2D eigenvalue weighted by Gasteiger charge is 2.17. The molecule has 9 heteroatoms. The number of ether oxygens (including phenoxy) is 1. The van der Waals surface area contributed by atoms with E-state index in [1.807, 2.05) is 0 Å². The summed E-state index contributed by atoms with van der Waals surface area (Å²) in [5.74, 6) is -1.33. The zero-order valence-electron chi connectivity index (χ0n) is 14.0. The maximum absolute atomic E-state index is 12.1. The van der Waals surface area contributed by atoms with Crippen LogP contribution in [0.1, 0.15) is 12.5 Å². The van der Waals surface area contributed by atoms with Gasteiger partial charge in [0.1, 0.15) is 0 Å². The van der Waals surface area contributed by atoms with Crippen molar-refractivity contribution in [2.45, 2.75) is 13.0 Å². The zero-order chi connectivity index (χ0) is 20.0. The Labute approximate surface area is 164 Å². The van der Waals surface area contributed by atoms with Crippen molar-refractivity contribution in [1.29, 1.82) is 0 Å². The molecule has 0 aliphatic rings. The quantitative estimate of drug-likeness (QED) is 0.328. The van der Waals surface area contributed by atoms with E-state index in [-0.39, 0.29) is 5.69 Å². The third-order valence-corrected chi connectivity index (χ3v) is 3.72. The molecule has 0 aliphatic carbocycles. The lowest BCUT2D eigenvalue weighted by molar-refractivity contribution is -0.384. The SMILES string of the molecule is C[C@@H](OC(=O)/C=C/c1cccc([N+](=O)[O-])c1)C(=O)Nc1cc(Cl)cc(Cl)c1. The van der Waals surface area contributed by atoms with Crippen molar-refractivity contribution >= 4 is 52.5 Å². The van der Waals surface area contributed by atoms with Gasteiger partial charge in [0.25, 0.3) is 11.6 Å². The molecule has 0 fully saturated rings. The van der Waals surface area contributed by atoms with Crippen LogP contribution >= 0.6 is 23.2 Å². The Bertz CT molecular complexity index is 894. The fraction of sp³-hybridized carbons (Fsp3) is 0.111. The molecule has 1 amide bonds. The Morgan fingerprint density at radius 1 is 1.19 bits per heavy atom. The van der Waals surface area contributed by atoms with E-state index >= 15 is 0 Å². The lowest BCUT2D eigenvalue weighted by Crippen LogP contribution is -2.29. The Morgan fingerprint density at radius 2 is 1.85 bits per heavy atom. The summed E-state index contributed by atoms with van der Waals surface area (Å²) in [6.45, 7) is 1.40. The van der Waals surface area contributed by atoms with Gasteiger partial charge in [-0.1, -0.05) is 35.3 Å². The largest absolute Gasteiger partial charge is 0.449 e. The minimum Gasteiger partial charge on any atom is -0.449 e. The number of hydrogen-bond acceptors (Lipinski definition) is 5. The van der Waals surface area contributed by atoms with Gasteiger partial charge in [-0.25, -0.2) is 4.79 Å². The maximum atomic E-state index is 12.1. The summed E-state index contributed by atoms with van der Waals surface area (Å²) >= 11 is 11.7. The molecule has 0 saturated heterocycles. The molecule has 0 spiro atoms. The molecule has 0 aromatic heterocycles. The molecule has 0 saturated carbocycles. The number of carbonyl (C=O) groups excluding carboxylic acids is 2. The standard InChI is InChI=1S/C18H14Cl2N2O5/c1-11(18(24)21-15-9-13(19)8-14(20)10-15)27-17(23)6-5-12-3-2-4-16(7-12)22(25)26/h2-11H,1H3,(H,21,24)/b6-5+/t11-/m1/s1. The van der Waals surface area contributed by atoms with Crippen LogP contribution in [0.25, 0.3) is 6.08 Å². The van der Waals surface area contributed by atoms with Gasteiger partial charge >= 0.3 is 5.97 Å². The fourth-order valence-corrected chi connectivity index (χ4v) is 2.57. The second-order valence-electron chi connectivity index (χ2n) is 5.41. The van der Waals surface area contributed by atoms with Crippen molar-refractivity contribution in [3.8, 4) is 0 Å². The molecule has 27 heavy (non-hydrogen) atoms. The van der Waals surface area contributed by atoms with E-state index in [9.17, 15) is 19.7 Å². The molecule has 7 nitrogen and oxygen atoms in total. The predicted octanol–water partition coefficient (Wildman–Crippen LogP) is 4.49. The summed E-state index contributed by atoms with van der Waals surface area (Å²) in [6, 6.07) is 10.3. The second kappa shape index (κ2) is 9.16. The molecule has 0 aliphatic heterocycles. The lowest BCUT2D eigenvalue weighted by Gasteiger charge is -2.12.